The minimum Gasteiger partial charge on any atom is -0.326 e. The van der Waals surface area contributed by atoms with Crippen molar-refractivity contribution >= 4 is 11.8 Å². The van der Waals surface area contributed by atoms with Crippen molar-refractivity contribution in [2.75, 3.05) is 5.75 Å². The molecule has 1 nitrogen and oxygen atoms in total. The van der Waals surface area contributed by atoms with E-state index in [1.807, 2.05) is 6.07 Å². The second kappa shape index (κ2) is 6.92. The molecule has 3 heteroatoms. The van der Waals surface area contributed by atoms with E-state index in [9.17, 15) is 4.39 Å². The maximum Gasteiger partial charge on any atom is 0.127 e. The smallest absolute Gasteiger partial charge is 0.127 e. The first-order valence-electron chi connectivity index (χ1n) is 5.72. The summed E-state index contributed by atoms with van der Waals surface area (Å²) in [6.45, 7) is 4.88. The van der Waals surface area contributed by atoms with Gasteiger partial charge in [-0.05, 0) is 28.9 Å². The van der Waals surface area contributed by atoms with Crippen LogP contribution in [-0.4, -0.2) is 5.75 Å². The molecule has 0 aliphatic heterocycles. The fraction of sp³-hybridized carbons (Fsp3) is 0.538. The van der Waals surface area contributed by atoms with E-state index in [1.165, 1.54) is 12.5 Å². The lowest BCUT2D eigenvalue weighted by Gasteiger charge is -2.09. The summed E-state index contributed by atoms with van der Waals surface area (Å²) in [7, 11) is 0. The lowest BCUT2D eigenvalue weighted by atomic mass is 10.1. The van der Waals surface area contributed by atoms with Gasteiger partial charge in [-0.3, -0.25) is 0 Å². The average molecular weight is 241 g/mol. The molecule has 0 spiro atoms. The van der Waals surface area contributed by atoms with Gasteiger partial charge in [-0.15, -0.1) is 0 Å². The Morgan fingerprint density at radius 1 is 1.44 bits per heavy atom. The quantitative estimate of drug-likeness (QED) is 0.824. The van der Waals surface area contributed by atoms with Gasteiger partial charge >= 0.3 is 0 Å². The zero-order valence-corrected chi connectivity index (χ0v) is 10.8. The van der Waals surface area contributed by atoms with Crippen molar-refractivity contribution in [3.05, 3.63) is 35.1 Å². The van der Waals surface area contributed by atoms with E-state index in [-0.39, 0.29) is 5.82 Å². The van der Waals surface area contributed by atoms with E-state index in [1.54, 1.807) is 17.8 Å². The van der Waals surface area contributed by atoms with Crippen molar-refractivity contribution in [2.24, 2.45) is 11.7 Å². The molecule has 0 radical (unpaired) electrons. The van der Waals surface area contributed by atoms with Crippen LogP contribution in [0.2, 0.25) is 0 Å². The fourth-order valence-corrected chi connectivity index (χ4v) is 2.55. The van der Waals surface area contributed by atoms with Crippen molar-refractivity contribution in [3.63, 3.8) is 0 Å². The summed E-state index contributed by atoms with van der Waals surface area (Å²) in [6.07, 6.45) is 1.18. The minimum atomic E-state index is -0.117. The lowest BCUT2D eigenvalue weighted by molar-refractivity contribution is 0.615. The Bertz CT molecular complexity index is 328. The van der Waals surface area contributed by atoms with Crippen molar-refractivity contribution in [3.8, 4) is 0 Å². The third-order valence-electron chi connectivity index (χ3n) is 2.70. The van der Waals surface area contributed by atoms with Gasteiger partial charge in [0.2, 0.25) is 0 Å². The van der Waals surface area contributed by atoms with E-state index in [2.05, 4.69) is 13.8 Å². The third kappa shape index (κ3) is 4.14. The predicted octanol–water partition coefficient (Wildman–Crippen LogP) is 3.56. The molecule has 0 saturated heterocycles. The molecule has 16 heavy (non-hydrogen) atoms. The van der Waals surface area contributed by atoms with E-state index >= 15 is 0 Å². The molecule has 1 rings (SSSR count). The molecule has 1 unspecified atom stereocenters. The SMILES string of the molecule is CCC(C)CSCc1cc(CN)ccc1F. The molecule has 0 amide bonds. The molecule has 0 fully saturated rings. The van der Waals surface area contributed by atoms with Crippen LogP contribution in [0.3, 0.4) is 0 Å². The second-order valence-electron chi connectivity index (χ2n) is 4.16. The van der Waals surface area contributed by atoms with Crippen LogP contribution in [0, 0.1) is 11.7 Å². The van der Waals surface area contributed by atoms with Gasteiger partial charge in [0.15, 0.2) is 0 Å². The number of rotatable bonds is 6. The highest BCUT2D eigenvalue weighted by molar-refractivity contribution is 7.98. The van der Waals surface area contributed by atoms with Gasteiger partial charge in [-0.1, -0.05) is 32.4 Å². The van der Waals surface area contributed by atoms with E-state index in [4.69, 9.17) is 5.73 Å². The Morgan fingerprint density at radius 2 is 2.19 bits per heavy atom. The van der Waals surface area contributed by atoms with Gasteiger partial charge in [0, 0.05) is 12.3 Å². The average Bonchev–Trinajstić information content (AvgIpc) is 2.31. The molecular formula is C13H20FNS. The van der Waals surface area contributed by atoms with Crippen LogP contribution in [0.15, 0.2) is 18.2 Å². The van der Waals surface area contributed by atoms with Gasteiger partial charge in [-0.2, -0.15) is 11.8 Å². The molecule has 0 heterocycles. The Kier molecular flexibility index (Phi) is 5.85. The number of hydrogen-bond acceptors (Lipinski definition) is 2. The molecule has 0 aromatic heterocycles. The molecule has 1 aromatic rings. The van der Waals surface area contributed by atoms with Crippen LogP contribution in [0.25, 0.3) is 0 Å². The summed E-state index contributed by atoms with van der Waals surface area (Å²) in [5.74, 6) is 2.41. The van der Waals surface area contributed by atoms with Gasteiger partial charge in [0.1, 0.15) is 5.82 Å². The van der Waals surface area contributed by atoms with Crippen LogP contribution >= 0.6 is 11.8 Å². The van der Waals surface area contributed by atoms with Crippen molar-refractivity contribution < 1.29 is 4.39 Å². The molecule has 90 valence electrons. The van der Waals surface area contributed by atoms with Crippen molar-refractivity contribution in [1.82, 2.24) is 0 Å². The summed E-state index contributed by atoms with van der Waals surface area (Å²) in [4.78, 5) is 0. The van der Waals surface area contributed by atoms with Gasteiger partial charge in [0.05, 0.1) is 0 Å². The summed E-state index contributed by atoms with van der Waals surface area (Å²) in [5, 5.41) is 0. The molecule has 0 bridgehead atoms. The fourth-order valence-electron chi connectivity index (χ4n) is 1.35. The number of benzene rings is 1. The van der Waals surface area contributed by atoms with Gasteiger partial charge in [-0.25, -0.2) is 4.39 Å². The van der Waals surface area contributed by atoms with E-state index in [0.29, 0.717) is 12.5 Å². The monoisotopic (exact) mass is 241 g/mol. The zero-order chi connectivity index (χ0) is 12.0. The first-order valence-corrected chi connectivity index (χ1v) is 6.88. The zero-order valence-electron chi connectivity index (χ0n) is 10.0. The van der Waals surface area contributed by atoms with Crippen LogP contribution in [-0.2, 0) is 12.3 Å². The molecule has 0 aliphatic rings. The second-order valence-corrected chi connectivity index (χ2v) is 5.19. The maximum atomic E-state index is 13.5. The standard InChI is InChI=1S/C13H20FNS/c1-3-10(2)8-16-9-12-6-11(7-15)4-5-13(12)14/h4-6,10H,3,7-9,15H2,1-2H3. The lowest BCUT2D eigenvalue weighted by Crippen LogP contribution is -2.00. The topological polar surface area (TPSA) is 26.0 Å². The Labute approximate surface area is 102 Å². The van der Waals surface area contributed by atoms with Crippen LogP contribution < -0.4 is 5.73 Å². The normalized spacial score (nSPS) is 12.8. The molecule has 0 aliphatic carbocycles. The molecular weight excluding hydrogens is 221 g/mol. The summed E-state index contributed by atoms with van der Waals surface area (Å²) in [6, 6.07) is 5.14. The highest BCUT2D eigenvalue weighted by Crippen LogP contribution is 2.20. The number of nitrogens with two attached hydrogens (primary N) is 1. The molecule has 1 atom stereocenters. The number of halogens is 1. The van der Waals surface area contributed by atoms with Crippen LogP contribution in [0.1, 0.15) is 31.4 Å². The van der Waals surface area contributed by atoms with Crippen LogP contribution in [0.4, 0.5) is 4.39 Å². The first kappa shape index (κ1) is 13.5. The maximum absolute atomic E-state index is 13.5. The molecule has 0 saturated carbocycles. The van der Waals surface area contributed by atoms with E-state index < -0.39 is 0 Å². The van der Waals surface area contributed by atoms with E-state index in [0.717, 1.165) is 22.6 Å². The Hall–Kier alpha value is -0.540. The largest absolute Gasteiger partial charge is 0.326 e. The Morgan fingerprint density at radius 3 is 2.81 bits per heavy atom. The first-order chi connectivity index (χ1) is 7.67. The molecule has 2 N–H and O–H groups in total. The highest BCUT2D eigenvalue weighted by Gasteiger charge is 2.05. The predicted molar refractivity (Wildman–Crippen MR) is 69.9 cm³/mol. The van der Waals surface area contributed by atoms with Gasteiger partial charge in [0.25, 0.3) is 0 Å². The number of hydrogen-bond donors (Lipinski definition) is 1. The van der Waals surface area contributed by atoms with Gasteiger partial charge < -0.3 is 5.73 Å². The third-order valence-corrected chi connectivity index (χ3v) is 4.02. The van der Waals surface area contributed by atoms with Crippen LogP contribution in [0.5, 0.6) is 0 Å². The highest BCUT2D eigenvalue weighted by atomic mass is 32.2. The molecule has 1 aromatic carbocycles. The minimum absolute atomic E-state index is 0.117. The Balaban J connectivity index is 2.52. The summed E-state index contributed by atoms with van der Waals surface area (Å²) >= 11 is 1.79. The summed E-state index contributed by atoms with van der Waals surface area (Å²) in [5.41, 5.74) is 7.31. The number of thioether (sulfide) groups is 1. The summed E-state index contributed by atoms with van der Waals surface area (Å²) < 4.78 is 13.5. The van der Waals surface area contributed by atoms with Crippen molar-refractivity contribution in [1.29, 1.82) is 0 Å². The van der Waals surface area contributed by atoms with Crippen molar-refractivity contribution in [2.45, 2.75) is 32.6 Å².